The highest BCUT2D eigenvalue weighted by atomic mass is 16.4. The van der Waals surface area contributed by atoms with Crippen LogP contribution in [0.1, 0.15) is 25.0 Å². The fraction of sp³-hybridized carbons (Fsp3) is 0.0882. The molecule has 5 aromatic carbocycles. The van der Waals surface area contributed by atoms with E-state index in [9.17, 15) is 4.79 Å². The first-order chi connectivity index (χ1) is 18.0. The Balaban J connectivity index is 1.48. The molecule has 0 spiro atoms. The Bertz CT molecular complexity index is 2140. The Kier molecular flexibility index (Phi) is 3.88. The smallest absolute Gasteiger partial charge is 0.344 e. The molecule has 1 aliphatic rings. The number of para-hydroxylation sites is 2. The topological polar surface area (TPSA) is 35.1 Å². The molecule has 2 heterocycles. The molecule has 0 atom stereocenters. The lowest BCUT2D eigenvalue weighted by Crippen LogP contribution is -2.14. The Morgan fingerprint density at radius 3 is 2.24 bits per heavy atom. The quantitative estimate of drug-likeness (QED) is 0.176. The van der Waals surface area contributed by atoms with Gasteiger partial charge in [-0.25, -0.2) is 4.79 Å². The second kappa shape index (κ2) is 6.98. The van der Waals surface area contributed by atoms with Gasteiger partial charge in [0.2, 0.25) is 0 Å². The molecule has 176 valence electrons. The van der Waals surface area contributed by atoms with Gasteiger partial charge in [0.05, 0.1) is 16.4 Å². The van der Waals surface area contributed by atoms with Gasteiger partial charge in [-0.1, -0.05) is 80.6 Å². The number of rotatable bonds is 1. The summed E-state index contributed by atoms with van der Waals surface area (Å²) in [4.78, 5) is 13.0. The van der Waals surface area contributed by atoms with Crippen LogP contribution in [0, 0.1) is 0 Å². The minimum absolute atomic E-state index is 0.0632. The predicted molar refractivity (Wildman–Crippen MR) is 152 cm³/mol. The summed E-state index contributed by atoms with van der Waals surface area (Å²) in [6, 6.07) is 35.8. The summed E-state index contributed by atoms with van der Waals surface area (Å²) in [6.45, 7) is 4.63. The number of nitrogens with zero attached hydrogens (tertiary/aromatic N) is 1. The third-order valence-electron chi connectivity index (χ3n) is 8.24. The molecule has 0 aliphatic heterocycles. The number of aromatic nitrogens is 1. The highest BCUT2D eigenvalue weighted by Gasteiger charge is 2.36. The number of fused-ring (bicyclic) bond motifs is 9. The molecule has 8 rings (SSSR count). The Labute approximate surface area is 213 Å². The molecule has 3 nitrogen and oxygen atoms in total. The average molecular weight is 478 g/mol. The van der Waals surface area contributed by atoms with Gasteiger partial charge in [0.25, 0.3) is 0 Å². The average Bonchev–Trinajstić information content (AvgIpc) is 3.36. The van der Waals surface area contributed by atoms with Crippen LogP contribution in [0.15, 0.2) is 112 Å². The van der Waals surface area contributed by atoms with E-state index in [4.69, 9.17) is 4.42 Å². The van der Waals surface area contributed by atoms with Crippen molar-refractivity contribution in [3.05, 3.63) is 125 Å². The van der Waals surface area contributed by atoms with Crippen molar-refractivity contribution < 1.29 is 4.42 Å². The molecule has 0 radical (unpaired) electrons. The zero-order chi connectivity index (χ0) is 24.9. The van der Waals surface area contributed by atoms with Crippen molar-refractivity contribution in [2.45, 2.75) is 19.3 Å². The van der Waals surface area contributed by atoms with Gasteiger partial charge in [-0.15, -0.1) is 0 Å². The molecule has 0 unspecified atom stereocenters. The first-order valence-corrected chi connectivity index (χ1v) is 12.7. The van der Waals surface area contributed by atoms with Gasteiger partial charge in [-0.05, 0) is 58.7 Å². The van der Waals surface area contributed by atoms with Crippen molar-refractivity contribution in [2.75, 3.05) is 0 Å². The van der Waals surface area contributed by atoms with Crippen LogP contribution in [0.25, 0.3) is 60.4 Å². The molecule has 3 heteroatoms. The minimum Gasteiger partial charge on any atom is -0.422 e. The van der Waals surface area contributed by atoms with Gasteiger partial charge >= 0.3 is 5.63 Å². The maximum absolute atomic E-state index is 13.0. The van der Waals surface area contributed by atoms with Gasteiger partial charge in [0.15, 0.2) is 0 Å². The second-order valence-electron chi connectivity index (χ2n) is 10.6. The van der Waals surface area contributed by atoms with Crippen molar-refractivity contribution >= 4 is 43.5 Å². The molecule has 2 aromatic heterocycles. The molecule has 0 saturated heterocycles. The van der Waals surface area contributed by atoms with Crippen LogP contribution in [-0.2, 0) is 5.41 Å². The van der Waals surface area contributed by atoms with Crippen LogP contribution in [-0.4, -0.2) is 4.57 Å². The van der Waals surface area contributed by atoms with Crippen LogP contribution in [0.4, 0.5) is 0 Å². The van der Waals surface area contributed by atoms with E-state index in [-0.39, 0.29) is 11.0 Å². The second-order valence-corrected chi connectivity index (χ2v) is 10.6. The summed E-state index contributed by atoms with van der Waals surface area (Å²) in [5.41, 5.74) is 8.75. The van der Waals surface area contributed by atoms with E-state index >= 15 is 0 Å². The lowest BCUT2D eigenvalue weighted by atomic mass is 9.82. The van der Waals surface area contributed by atoms with E-state index in [0.29, 0.717) is 11.0 Å². The van der Waals surface area contributed by atoms with Crippen LogP contribution in [0.5, 0.6) is 0 Å². The standard InChI is InChI=1S/C34H23NO2/c1-34(2)28-12-6-3-9-22(28)25-19-31-26(18-29(25)34)23-10-4-7-13-30(23)35(31)20-15-16-21-24-11-5-8-14-32(24)37-33(36)27(21)17-20/h3-19H,1-2H3. The SMILES string of the molecule is CC1(C)c2ccccc2-c2cc3c(cc21)c1ccccc1n3-c1ccc2c(c1)c(=O)oc1ccccc12. The van der Waals surface area contributed by atoms with Crippen LogP contribution in [0.2, 0.25) is 0 Å². The highest BCUT2D eigenvalue weighted by molar-refractivity contribution is 6.12. The first-order valence-electron chi connectivity index (χ1n) is 12.7. The fourth-order valence-electron chi connectivity index (χ4n) is 6.45. The van der Waals surface area contributed by atoms with E-state index in [1.54, 1.807) is 0 Å². The zero-order valence-corrected chi connectivity index (χ0v) is 20.6. The van der Waals surface area contributed by atoms with Crippen LogP contribution >= 0.6 is 0 Å². The van der Waals surface area contributed by atoms with Gasteiger partial charge in [-0.2, -0.15) is 0 Å². The summed E-state index contributed by atoms with van der Waals surface area (Å²) in [5, 5.41) is 4.88. The number of benzene rings is 5. The molecular weight excluding hydrogens is 454 g/mol. The molecule has 7 aromatic rings. The Morgan fingerprint density at radius 1 is 0.595 bits per heavy atom. The fourth-order valence-corrected chi connectivity index (χ4v) is 6.45. The molecule has 0 amide bonds. The maximum atomic E-state index is 13.0. The lowest BCUT2D eigenvalue weighted by molar-refractivity contribution is 0.569. The monoisotopic (exact) mass is 477 g/mol. The van der Waals surface area contributed by atoms with Crippen molar-refractivity contribution in [3.63, 3.8) is 0 Å². The molecule has 37 heavy (non-hydrogen) atoms. The van der Waals surface area contributed by atoms with Gasteiger partial charge in [-0.3, -0.25) is 0 Å². The zero-order valence-electron chi connectivity index (χ0n) is 20.6. The van der Waals surface area contributed by atoms with E-state index in [1.807, 2.05) is 30.3 Å². The molecule has 0 saturated carbocycles. The lowest BCUT2D eigenvalue weighted by Gasteiger charge is -2.21. The maximum Gasteiger partial charge on any atom is 0.344 e. The van der Waals surface area contributed by atoms with E-state index < -0.39 is 0 Å². The predicted octanol–water partition coefficient (Wildman–Crippen LogP) is 8.35. The van der Waals surface area contributed by atoms with Gasteiger partial charge < -0.3 is 8.98 Å². The van der Waals surface area contributed by atoms with Gasteiger partial charge in [0.1, 0.15) is 5.58 Å². The Morgan fingerprint density at radius 2 is 1.35 bits per heavy atom. The molecule has 0 N–H and O–H groups in total. The van der Waals surface area contributed by atoms with Gasteiger partial charge in [0, 0.05) is 32.6 Å². The van der Waals surface area contributed by atoms with Crippen LogP contribution in [0.3, 0.4) is 0 Å². The van der Waals surface area contributed by atoms with E-state index in [0.717, 1.165) is 27.5 Å². The summed E-state index contributed by atoms with van der Waals surface area (Å²) < 4.78 is 7.96. The normalized spacial score (nSPS) is 14.0. The van der Waals surface area contributed by atoms with E-state index in [1.165, 1.54) is 33.0 Å². The highest BCUT2D eigenvalue weighted by Crippen LogP contribution is 2.50. The largest absolute Gasteiger partial charge is 0.422 e. The number of hydrogen-bond acceptors (Lipinski definition) is 2. The molecular formula is C34H23NO2. The third kappa shape index (κ3) is 2.63. The van der Waals surface area contributed by atoms with Crippen molar-refractivity contribution in [1.82, 2.24) is 4.57 Å². The minimum atomic E-state index is -0.312. The molecule has 0 bridgehead atoms. The van der Waals surface area contributed by atoms with Crippen molar-refractivity contribution in [1.29, 1.82) is 0 Å². The summed E-state index contributed by atoms with van der Waals surface area (Å²) in [7, 11) is 0. The summed E-state index contributed by atoms with van der Waals surface area (Å²) >= 11 is 0. The van der Waals surface area contributed by atoms with Crippen LogP contribution < -0.4 is 5.63 Å². The molecule has 1 aliphatic carbocycles. The van der Waals surface area contributed by atoms with E-state index in [2.05, 4.69) is 91.2 Å². The summed E-state index contributed by atoms with van der Waals surface area (Å²) in [6.07, 6.45) is 0. The molecule has 0 fully saturated rings. The third-order valence-corrected chi connectivity index (χ3v) is 8.24. The first kappa shape index (κ1) is 20.6. The van der Waals surface area contributed by atoms with Crippen molar-refractivity contribution in [3.8, 4) is 16.8 Å². The Hall–Kier alpha value is -4.63. The number of hydrogen-bond donors (Lipinski definition) is 0. The summed E-state index contributed by atoms with van der Waals surface area (Å²) in [5.74, 6) is 0. The van der Waals surface area contributed by atoms with Crippen molar-refractivity contribution in [2.24, 2.45) is 0 Å².